The molecule has 1 aliphatic heterocycles. The summed E-state index contributed by atoms with van der Waals surface area (Å²) in [6, 6.07) is 12.0. The molecule has 0 saturated heterocycles. The highest BCUT2D eigenvalue weighted by Crippen LogP contribution is 2.40. The monoisotopic (exact) mass is 364 g/mol. The number of amides is 2. The maximum atomic E-state index is 12.4. The van der Waals surface area contributed by atoms with E-state index in [-0.39, 0.29) is 17.7 Å². The van der Waals surface area contributed by atoms with Gasteiger partial charge in [-0.2, -0.15) is 0 Å². The quantitative estimate of drug-likeness (QED) is 0.747. The molecule has 0 bridgehead atoms. The highest BCUT2D eigenvalue weighted by atomic mass is 35.5. The first-order chi connectivity index (χ1) is 11.3. The van der Waals surface area contributed by atoms with Gasteiger partial charge in [0.05, 0.1) is 6.04 Å². The molecule has 0 saturated carbocycles. The van der Waals surface area contributed by atoms with E-state index in [0.29, 0.717) is 22.2 Å². The number of carbonyl (C=O) groups excluding carboxylic acids is 1. The molecular formula is C18H18Cl2N2O2. The van der Waals surface area contributed by atoms with E-state index < -0.39 is 0 Å². The van der Waals surface area contributed by atoms with Crippen LogP contribution in [0.3, 0.4) is 0 Å². The molecule has 1 heterocycles. The van der Waals surface area contributed by atoms with Crippen molar-refractivity contribution in [3.63, 3.8) is 0 Å². The van der Waals surface area contributed by atoms with Crippen LogP contribution in [0.5, 0.6) is 5.75 Å². The second-order valence-corrected chi connectivity index (χ2v) is 7.28. The Balaban J connectivity index is 1.79. The molecule has 0 radical (unpaired) electrons. The first-order valence-corrected chi connectivity index (χ1v) is 8.39. The van der Waals surface area contributed by atoms with Gasteiger partial charge in [-0.3, -0.25) is 0 Å². The minimum atomic E-state index is -0.380. The van der Waals surface area contributed by atoms with E-state index in [0.717, 1.165) is 11.3 Å². The van der Waals surface area contributed by atoms with Crippen molar-refractivity contribution >= 4 is 34.9 Å². The van der Waals surface area contributed by atoms with E-state index in [4.69, 9.17) is 27.9 Å². The Hall–Kier alpha value is -1.91. The van der Waals surface area contributed by atoms with Crippen molar-refractivity contribution in [3.05, 3.63) is 58.1 Å². The van der Waals surface area contributed by atoms with Gasteiger partial charge in [-0.25, -0.2) is 4.79 Å². The maximum Gasteiger partial charge on any atom is 0.319 e. The predicted octanol–water partition coefficient (Wildman–Crippen LogP) is 5.42. The topological polar surface area (TPSA) is 50.4 Å². The van der Waals surface area contributed by atoms with E-state index in [1.54, 1.807) is 30.3 Å². The SMILES string of the molecule is CC1(C)C[C@@H](NC(=O)Nc2cccc(Cl)c2)c2cc(Cl)ccc2O1. The van der Waals surface area contributed by atoms with Crippen LogP contribution in [-0.2, 0) is 0 Å². The van der Waals surface area contributed by atoms with Gasteiger partial charge in [-0.05, 0) is 50.2 Å². The highest BCUT2D eigenvalue weighted by molar-refractivity contribution is 6.31. The molecule has 0 aliphatic carbocycles. The molecule has 2 aromatic carbocycles. The lowest BCUT2D eigenvalue weighted by Crippen LogP contribution is -2.42. The Kier molecular flexibility index (Phi) is 4.61. The third-order valence-electron chi connectivity index (χ3n) is 3.82. The summed E-state index contributed by atoms with van der Waals surface area (Å²) in [5.41, 5.74) is 1.13. The van der Waals surface area contributed by atoms with Crippen LogP contribution in [0.25, 0.3) is 0 Å². The van der Waals surface area contributed by atoms with Gasteiger partial charge < -0.3 is 15.4 Å². The van der Waals surface area contributed by atoms with Gasteiger partial charge in [-0.15, -0.1) is 0 Å². The van der Waals surface area contributed by atoms with Crippen molar-refractivity contribution < 1.29 is 9.53 Å². The molecule has 2 N–H and O–H groups in total. The van der Waals surface area contributed by atoms with Gasteiger partial charge in [-0.1, -0.05) is 29.3 Å². The summed E-state index contributed by atoms with van der Waals surface area (Å²) >= 11 is 12.0. The molecule has 0 unspecified atom stereocenters. The Morgan fingerprint density at radius 3 is 2.67 bits per heavy atom. The average molecular weight is 365 g/mol. The van der Waals surface area contributed by atoms with Crippen LogP contribution in [0, 0.1) is 0 Å². The lowest BCUT2D eigenvalue weighted by Gasteiger charge is -2.38. The molecular weight excluding hydrogens is 347 g/mol. The summed E-state index contributed by atoms with van der Waals surface area (Å²) in [7, 11) is 0. The van der Waals surface area contributed by atoms with Crippen molar-refractivity contribution in [1.82, 2.24) is 5.32 Å². The standard InChI is InChI=1S/C18H18Cl2N2O2/c1-18(2)10-15(14-9-12(20)6-7-16(14)24-18)22-17(23)21-13-5-3-4-11(19)8-13/h3-9,15H,10H2,1-2H3,(H2,21,22,23)/t15-/m1/s1. The van der Waals surface area contributed by atoms with Crippen LogP contribution in [0.4, 0.5) is 10.5 Å². The largest absolute Gasteiger partial charge is 0.487 e. The van der Waals surface area contributed by atoms with Crippen LogP contribution in [0.1, 0.15) is 31.9 Å². The minimum absolute atomic E-state index is 0.193. The van der Waals surface area contributed by atoms with Crippen LogP contribution in [0.2, 0.25) is 10.0 Å². The van der Waals surface area contributed by atoms with Gasteiger partial charge in [0.15, 0.2) is 0 Å². The van der Waals surface area contributed by atoms with E-state index in [9.17, 15) is 4.79 Å². The Labute approximate surface area is 151 Å². The molecule has 0 spiro atoms. The fraction of sp³-hybridized carbons (Fsp3) is 0.278. The molecule has 0 aromatic heterocycles. The number of carbonyl (C=O) groups is 1. The number of urea groups is 1. The summed E-state index contributed by atoms with van der Waals surface area (Å²) in [5.74, 6) is 0.740. The highest BCUT2D eigenvalue weighted by Gasteiger charge is 2.34. The molecule has 3 rings (SSSR count). The van der Waals surface area contributed by atoms with Crippen LogP contribution >= 0.6 is 23.2 Å². The van der Waals surface area contributed by atoms with Crippen molar-refractivity contribution in [2.24, 2.45) is 0 Å². The van der Waals surface area contributed by atoms with Crippen LogP contribution < -0.4 is 15.4 Å². The van der Waals surface area contributed by atoms with Crippen molar-refractivity contribution in [1.29, 1.82) is 0 Å². The smallest absolute Gasteiger partial charge is 0.319 e. The molecule has 126 valence electrons. The number of hydrogen-bond acceptors (Lipinski definition) is 2. The van der Waals surface area contributed by atoms with Gasteiger partial charge in [0.25, 0.3) is 0 Å². The zero-order chi connectivity index (χ0) is 17.3. The molecule has 6 heteroatoms. The molecule has 2 amide bonds. The number of fused-ring (bicyclic) bond motifs is 1. The summed E-state index contributed by atoms with van der Waals surface area (Å²) in [4.78, 5) is 12.4. The zero-order valence-electron chi connectivity index (χ0n) is 13.4. The van der Waals surface area contributed by atoms with Crippen molar-refractivity contribution in [2.45, 2.75) is 31.9 Å². The van der Waals surface area contributed by atoms with Crippen LogP contribution in [0.15, 0.2) is 42.5 Å². The Morgan fingerprint density at radius 2 is 1.92 bits per heavy atom. The lowest BCUT2D eigenvalue weighted by atomic mass is 9.90. The maximum absolute atomic E-state index is 12.4. The molecule has 1 atom stereocenters. The first-order valence-electron chi connectivity index (χ1n) is 7.64. The molecule has 4 nitrogen and oxygen atoms in total. The summed E-state index contributed by atoms with van der Waals surface area (Å²) in [5, 5.41) is 6.97. The van der Waals surface area contributed by atoms with Crippen molar-refractivity contribution in [3.8, 4) is 5.75 Å². The van der Waals surface area contributed by atoms with E-state index in [1.807, 2.05) is 26.0 Å². The molecule has 2 aromatic rings. The average Bonchev–Trinajstić information content (AvgIpc) is 2.47. The third-order valence-corrected chi connectivity index (χ3v) is 4.29. The molecule has 0 fully saturated rings. The number of anilines is 1. The third kappa shape index (κ3) is 3.94. The molecule has 24 heavy (non-hydrogen) atoms. The van der Waals surface area contributed by atoms with Crippen LogP contribution in [-0.4, -0.2) is 11.6 Å². The summed E-state index contributed by atoms with van der Waals surface area (Å²) in [6.07, 6.45) is 0.642. The number of benzene rings is 2. The Bertz CT molecular complexity index is 777. The number of ether oxygens (including phenoxy) is 1. The summed E-state index contributed by atoms with van der Waals surface area (Å²) in [6.45, 7) is 3.99. The zero-order valence-corrected chi connectivity index (χ0v) is 14.9. The van der Waals surface area contributed by atoms with Gasteiger partial charge in [0, 0.05) is 27.7 Å². The molecule has 1 aliphatic rings. The number of halogens is 2. The first kappa shape index (κ1) is 16.9. The fourth-order valence-electron chi connectivity index (χ4n) is 2.85. The normalized spacial score (nSPS) is 18.2. The van der Waals surface area contributed by atoms with E-state index in [2.05, 4.69) is 10.6 Å². The summed E-state index contributed by atoms with van der Waals surface area (Å²) < 4.78 is 5.97. The van der Waals surface area contributed by atoms with Gasteiger partial charge >= 0.3 is 6.03 Å². The minimum Gasteiger partial charge on any atom is -0.487 e. The number of hydrogen-bond donors (Lipinski definition) is 2. The Morgan fingerprint density at radius 1 is 1.17 bits per heavy atom. The lowest BCUT2D eigenvalue weighted by molar-refractivity contribution is 0.0683. The van der Waals surface area contributed by atoms with Gasteiger partial charge in [0.1, 0.15) is 11.4 Å². The van der Waals surface area contributed by atoms with Crippen molar-refractivity contribution in [2.75, 3.05) is 5.32 Å². The number of nitrogens with one attached hydrogen (secondary N) is 2. The predicted molar refractivity (Wildman–Crippen MR) is 97.1 cm³/mol. The van der Waals surface area contributed by atoms with Gasteiger partial charge in [0.2, 0.25) is 0 Å². The second-order valence-electron chi connectivity index (χ2n) is 6.41. The second kappa shape index (κ2) is 6.54. The van der Waals surface area contributed by atoms with E-state index in [1.165, 1.54) is 0 Å². The van der Waals surface area contributed by atoms with E-state index >= 15 is 0 Å². The number of rotatable bonds is 2. The fourth-order valence-corrected chi connectivity index (χ4v) is 3.22.